The molecule has 3 N–H and O–H groups in total. The van der Waals surface area contributed by atoms with Crippen molar-refractivity contribution in [3.63, 3.8) is 0 Å². The van der Waals surface area contributed by atoms with Gasteiger partial charge in [-0.3, -0.25) is 4.99 Å². The second-order valence-corrected chi connectivity index (χ2v) is 5.96. The van der Waals surface area contributed by atoms with Gasteiger partial charge in [0.1, 0.15) is 12.4 Å². The molecule has 0 bridgehead atoms. The Morgan fingerprint density at radius 3 is 2.44 bits per heavy atom. The molecule has 0 spiro atoms. The highest BCUT2D eigenvalue weighted by molar-refractivity contribution is 5.79. The van der Waals surface area contributed by atoms with Crippen LogP contribution < -0.4 is 15.4 Å². The molecule has 146 valence electrons. The predicted molar refractivity (Wildman–Crippen MR) is 108 cm³/mol. The molecule has 0 radical (unpaired) electrons. The van der Waals surface area contributed by atoms with Crippen LogP contribution in [0.3, 0.4) is 0 Å². The first-order valence-corrected chi connectivity index (χ1v) is 9.27. The third-order valence-electron chi connectivity index (χ3n) is 3.63. The molecule has 2 aromatic rings. The number of para-hydroxylation sites is 1. The number of aliphatic hydroxyl groups excluding tert-OH is 1. The SMILES string of the molecule is CCNC(=NCC(O)COCc1ccccc1)NCCOc1ccccc1. The van der Waals surface area contributed by atoms with Gasteiger partial charge in [0.2, 0.25) is 0 Å². The van der Waals surface area contributed by atoms with Crippen molar-refractivity contribution in [2.24, 2.45) is 4.99 Å². The standard InChI is InChI=1S/C21H29N3O3/c1-2-22-21(23-13-14-27-20-11-7-4-8-12-20)24-15-19(25)17-26-16-18-9-5-3-6-10-18/h3-12,19,25H,2,13-17H2,1H3,(H2,22,23,24). The van der Waals surface area contributed by atoms with E-state index in [1.165, 1.54) is 0 Å². The summed E-state index contributed by atoms with van der Waals surface area (Å²) in [5.74, 6) is 1.49. The summed E-state index contributed by atoms with van der Waals surface area (Å²) < 4.78 is 11.2. The first kappa shape index (κ1) is 20.7. The van der Waals surface area contributed by atoms with Crippen molar-refractivity contribution in [1.29, 1.82) is 0 Å². The molecule has 0 heterocycles. The van der Waals surface area contributed by atoms with Crippen molar-refractivity contribution < 1.29 is 14.6 Å². The van der Waals surface area contributed by atoms with Crippen LogP contribution in [-0.2, 0) is 11.3 Å². The Morgan fingerprint density at radius 1 is 1.04 bits per heavy atom. The van der Waals surface area contributed by atoms with Crippen molar-refractivity contribution in [2.75, 3.05) is 32.8 Å². The van der Waals surface area contributed by atoms with E-state index < -0.39 is 6.10 Å². The summed E-state index contributed by atoms with van der Waals surface area (Å²) >= 11 is 0. The maximum atomic E-state index is 10.1. The number of rotatable bonds is 11. The molecule has 2 aromatic carbocycles. The average molecular weight is 371 g/mol. The number of hydrogen-bond acceptors (Lipinski definition) is 4. The number of benzene rings is 2. The quantitative estimate of drug-likeness (QED) is 0.321. The zero-order valence-electron chi connectivity index (χ0n) is 15.8. The molecule has 0 saturated heterocycles. The molecule has 0 amide bonds. The Hall–Kier alpha value is -2.57. The van der Waals surface area contributed by atoms with Crippen molar-refractivity contribution in [3.05, 3.63) is 66.2 Å². The monoisotopic (exact) mass is 371 g/mol. The summed E-state index contributed by atoms with van der Waals surface area (Å²) in [6.45, 7) is 4.87. The van der Waals surface area contributed by atoms with Crippen molar-refractivity contribution in [1.82, 2.24) is 10.6 Å². The van der Waals surface area contributed by atoms with Crippen LogP contribution in [0.4, 0.5) is 0 Å². The lowest BCUT2D eigenvalue weighted by Gasteiger charge is -2.14. The van der Waals surface area contributed by atoms with Crippen LogP contribution in [0.25, 0.3) is 0 Å². The summed E-state index contributed by atoms with van der Waals surface area (Å²) in [6, 6.07) is 19.6. The molecule has 0 saturated carbocycles. The van der Waals surface area contributed by atoms with Gasteiger partial charge in [0.25, 0.3) is 0 Å². The molecule has 6 nitrogen and oxygen atoms in total. The minimum atomic E-state index is -0.648. The van der Waals surface area contributed by atoms with E-state index in [0.29, 0.717) is 25.7 Å². The van der Waals surface area contributed by atoms with Crippen LogP contribution in [0.15, 0.2) is 65.7 Å². The predicted octanol–water partition coefficient (Wildman–Crippen LogP) is 2.20. The van der Waals surface area contributed by atoms with Crippen molar-refractivity contribution in [3.8, 4) is 5.75 Å². The molecule has 6 heteroatoms. The third-order valence-corrected chi connectivity index (χ3v) is 3.63. The van der Waals surface area contributed by atoms with E-state index in [-0.39, 0.29) is 13.2 Å². The lowest BCUT2D eigenvalue weighted by Crippen LogP contribution is -2.40. The van der Waals surface area contributed by atoms with Gasteiger partial charge >= 0.3 is 0 Å². The minimum absolute atomic E-state index is 0.245. The lowest BCUT2D eigenvalue weighted by atomic mass is 10.2. The highest BCUT2D eigenvalue weighted by Gasteiger charge is 2.05. The number of aliphatic hydroxyl groups is 1. The fourth-order valence-electron chi connectivity index (χ4n) is 2.33. The Balaban J connectivity index is 1.65. The Kier molecular flexibility index (Phi) is 9.78. The summed E-state index contributed by atoms with van der Waals surface area (Å²) in [5, 5.41) is 16.4. The third kappa shape index (κ3) is 9.08. The maximum absolute atomic E-state index is 10.1. The van der Waals surface area contributed by atoms with E-state index in [0.717, 1.165) is 17.9 Å². The van der Waals surface area contributed by atoms with Gasteiger partial charge < -0.3 is 25.2 Å². The normalized spacial score (nSPS) is 12.4. The van der Waals surface area contributed by atoms with Gasteiger partial charge in [0.05, 0.1) is 32.4 Å². The van der Waals surface area contributed by atoms with E-state index in [1.54, 1.807) is 0 Å². The smallest absolute Gasteiger partial charge is 0.191 e. The Morgan fingerprint density at radius 2 is 1.74 bits per heavy atom. The van der Waals surface area contributed by atoms with Crippen molar-refractivity contribution >= 4 is 5.96 Å². The number of hydrogen-bond donors (Lipinski definition) is 3. The van der Waals surface area contributed by atoms with Gasteiger partial charge in [-0.1, -0.05) is 48.5 Å². The Labute approximate surface area is 161 Å². The van der Waals surface area contributed by atoms with Gasteiger partial charge in [-0.05, 0) is 24.6 Å². The molecular weight excluding hydrogens is 342 g/mol. The molecule has 0 aliphatic carbocycles. The van der Waals surface area contributed by atoms with Gasteiger partial charge in [0.15, 0.2) is 5.96 Å². The number of nitrogens with one attached hydrogen (secondary N) is 2. The van der Waals surface area contributed by atoms with Crippen LogP contribution in [-0.4, -0.2) is 50.0 Å². The van der Waals surface area contributed by atoms with E-state index >= 15 is 0 Å². The van der Waals surface area contributed by atoms with E-state index in [4.69, 9.17) is 9.47 Å². The zero-order chi connectivity index (χ0) is 19.2. The molecule has 0 aromatic heterocycles. The zero-order valence-corrected chi connectivity index (χ0v) is 15.8. The van der Waals surface area contributed by atoms with E-state index in [9.17, 15) is 5.11 Å². The second-order valence-electron chi connectivity index (χ2n) is 5.96. The molecular formula is C21H29N3O3. The fraction of sp³-hybridized carbons (Fsp3) is 0.381. The average Bonchev–Trinajstić information content (AvgIpc) is 2.71. The molecule has 0 aliphatic rings. The van der Waals surface area contributed by atoms with Crippen LogP contribution in [0.1, 0.15) is 12.5 Å². The topological polar surface area (TPSA) is 75.1 Å². The second kappa shape index (κ2) is 12.7. The summed E-state index contributed by atoms with van der Waals surface area (Å²) in [5.41, 5.74) is 1.08. The first-order chi connectivity index (χ1) is 13.3. The number of guanidine groups is 1. The molecule has 27 heavy (non-hydrogen) atoms. The number of nitrogens with zero attached hydrogens (tertiary/aromatic N) is 1. The molecule has 2 rings (SSSR count). The minimum Gasteiger partial charge on any atom is -0.492 e. The maximum Gasteiger partial charge on any atom is 0.191 e. The number of aliphatic imine (C=N–C) groups is 1. The lowest BCUT2D eigenvalue weighted by molar-refractivity contribution is 0.0331. The van der Waals surface area contributed by atoms with Gasteiger partial charge in [-0.2, -0.15) is 0 Å². The number of ether oxygens (including phenoxy) is 2. The van der Waals surface area contributed by atoms with Gasteiger partial charge in [0, 0.05) is 6.54 Å². The summed E-state index contributed by atoms with van der Waals surface area (Å²) in [4.78, 5) is 4.39. The highest BCUT2D eigenvalue weighted by Crippen LogP contribution is 2.07. The molecule has 0 aliphatic heterocycles. The molecule has 0 fully saturated rings. The fourth-order valence-corrected chi connectivity index (χ4v) is 2.33. The summed E-state index contributed by atoms with van der Waals surface area (Å²) in [6.07, 6.45) is -0.648. The highest BCUT2D eigenvalue weighted by atomic mass is 16.5. The van der Waals surface area contributed by atoms with Crippen LogP contribution in [0.5, 0.6) is 5.75 Å². The van der Waals surface area contributed by atoms with Crippen molar-refractivity contribution in [2.45, 2.75) is 19.6 Å². The van der Waals surface area contributed by atoms with Crippen LogP contribution in [0.2, 0.25) is 0 Å². The summed E-state index contributed by atoms with van der Waals surface area (Å²) in [7, 11) is 0. The van der Waals surface area contributed by atoms with Gasteiger partial charge in [-0.15, -0.1) is 0 Å². The van der Waals surface area contributed by atoms with E-state index in [1.807, 2.05) is 67.6 Å². The molecule has 1 unspecified atom stereocenters. The Bertz CT molecular complexity index is 650. The largest absolute Gasteiger partial charge is 0.492 e. The van der Waals surface area contributed by atoms with E-state index in [2.05, 4.69) is 15.6 Å². The van der Waals surface area contributed by atoms with Crippen LogP contribution in [0, 0.1) is 0 Å². The van der Waals surface area contributed by atoms with Gasteiger partial charge in [-0.25, -0.2) is 0 Å². The first-order valence-electron chi connectivity index (χ1n) is 9.27. The van der Waals surface area contributed by atoms with Crippen LogP contribution >= 0.6 is 0 Å². The molecule has 1 atom stereocenters.